The first-order chi connectivity index (χ1) is 16.1. The number of aromatic nitrogens is 4. The van der Waals surface area contributed by atoms with E-state index in [1.54, 1.807) is 0 Å². The maximum Gasteiger partial charge on any atom is 0.223 e. The number of hydrogen-bond donors (Lipinski definition) is 0. The Morgan fingerprint density at radius 2 is 2.06 bits per heavy atom. The van der Waals surface area contributed by atoms with Crippen LogP contribution in [0.25, 0.3) is 5.65 Å². The van der Waals surface area contributed by atoms with Gasteiger partial charge in [0.2, 0.25) is 5.91 Å². The monoisotopic (exact) mass is 448 g/mol. The number of rotatable bonds is 6. The number of aryl methyl sites for hydroxylation is 2. The largest absolute Gasteiger partial charge is 0.378 e. The molecule has 0 radical (unpaired) electrons. The van der Waals surface area contributed by atoms with Gasteiger partial charge in [0.05, 0.1) is 18.9 Å². The molecule has 0 saturated carbocycles. The van der Waals surface area contributed by atoms with Crippen LogP contribution < -0.4 is 0 Å². The van der Waals surface area contributed by atoms with Crippen LogP contribution >= 0.6 is 0 Å². The lowest BCUT2D eigenvalue weighted by molar-refractivity contribution is -0.135. The lowest BCUT2D eigenvalue weighted by Gasteiger charge is -2.27. The van der Waals surface area contributed by atoms with E-state index in [4.69, 9.17) is 14.8 Å². The number of pyridine rings is 1. The van der Waals surface area contributed by atoms with Crippen molar-refractivity contribution in [2.24, 2.45) is 0 Å². The van der Waals surface area contributed by atoms with Crippen molar-refractivity contribution in [3.8, 4) is 0 Å². The van der Waals surface area contributed by atoms with Crippen LogP contribution in [0, 0.1) is 13.8 Å². The van der Waals surface area contributed by atoms with Crippen molar-refractivity contribution in [1.82, 2.24) is 29.4 Å². The van der Waals surface area contributed by atoms with Crippen LogP contribution in [0.15, 0.2) is 30.6 Å². The summed E-state index contributed by atoms with van der Waals surface area (Å²) in [5.74, 6) is 0.604. The molecule has 33 heavy (non-hydrogen) atoms. The minimum absolute atomic E-state index is 0.193. The van der Waals surface area contributed by atoms with Gasteiger partial charge in [0.25, 0.3) is 0 Å². The van der Waals surface area contributed by atoms with E-state index in [1.807, 2.05) is 34.8 Å². The van der Waals surface area contributed by atoms with Gasteiger partial charge in [-0.1, -0.05) is 6.07 Å². The van der Waals surface area contributed by atoms with Crippen LogP contribution in [0.5, 0.6) is 0 Å². The summed E-state index contributed by atoms with van der Waals surface area (Å²) in [5, 5.41) is 4.96. The number of fused-ring (bicyclic) bond motifs is 1. The fourth-order valence-corrected chi connectivity index (χ4v) is 5.08. The Bertz CT molecular complexity index is 1120. The van der Waals surface area contributed by atoms with E-state index < -0.39 is 0 Å². The topological polar surface area (TPSA) is 75.9 Å². The quantitative estimate of drug-likeness (QED) is 0.577. The smallest absolute Gasteiger partial charge is 0.223 e. The molecule has 0 aromatic carbocycles. The highest BCUT2D eigenvalue weighted by Crippen LogP contribution is 2.29. The standard InChI is InChI=1S/C25H32N6O2/c1-18-22(5-6-25(32)30-10-12-33-13-11-30)19(2)31-24(27-18)14-23(28-31)21-7-9-29(17-21)16-20-4-3-8-26-15-20/h3-4,8,14-15,21H,5-7,9-13,16-17H2,1-2H3/t21-/m1/s1. The molecule has 2 aliphatic rings. The first-order valence-electron chi connectivity index (χ1n) is 11.9. The Hall–Kier alpha value is -2.84. The zero-order valence-corrected chi connectivity index (χ0v) is 19.5. The van der Waals surface area contributed by atoms with Gasteiger partial charge >= 0.3 is 0 Å². The molecule has 5 rings (SSSR count). The van der Waals surface area contributed by atoms with Gasteiger partial charge in [-0.15, -0.1) is 0 Å². The second-order valence-corrected chi connectivity index (χ2v) is 9.18. The van der Waals surface area contributed by atoms with Crippen LogP contribution in [0.4, 0.5) is 0 Å². The number of nitrogens with zero attached hydrogens (tertiary/aromatic N) is 6. The third-order valence-corrected chi connectivity index (χ3v) is 6.96. The number of hydrogen-bond acceptors (Lipinski definition) is 6. The molecule has 0 aliphatic carbocycles. The number of morpholine rings is 1. The Labute approximate surface area is 194 Å². The van der Waals surface area contributed by atoms with E-state index >= 15 is 0 Å². The SMILES string of the molecule is Cc1nc2cc([C@@H]3CCN(Cc4cccnc4)C3)nn2c(C)c1CCC(=O)N1CCOCC1. The van der Waals surface area contributed by atoms with Crippen molar-refractivity contribution in [2.45, 2.75) is 45.6 Å². The van der Waals surface area contributed by atoms with Crippen molar-refractivity contribution in [3.05, 3.63) is 58.8 Å². The molecule has 3 aromatic heterocycles. The third kappa shape index (κ3) is 4.77. The molecule has 0 unspecified atom stereocenters. The van der Waals surface area contributed by atoms with E-state index in [9.17, 15) is 4.79 Å². The van der Waals surface area contributed by atoms with E-state index in [1.165, 1.54) is 5.56 Å². The molecule has 1 amide bonds. The van der Waals surface area contributed by atoms with E-state index in [0.29, 0.717) is 45.1 Å². The zero-order chi connectivity index (χ0) is 22.8. The Kier molecular flexibility index (Phi) is 6.37. The molecule has 1 atom stereocenters. The Balaban J connectivity index is 1.28. The van der Waals surface area contributed by atoms with Crippen LogP contribution in [-0.2, 0) is 22.5 Å². The van der Waals surface area contributed by atoms with Gasteiger partial charge < -0.3 is 9.64 Å². The zero-order valence-electron chi connectivity index (χ0n) is 19.5. The molecule has 3 aromatic rings. The molecule has 8 heteroatoms. The maximum absolute atomic E-state index is 12.6. The molecule has 2 fully saturated rings. The fourth-order valence-electron chi connectivity index (χ4n) is 5.08. The normalized spacial score (nSPS) is 19.5. The minimum Gasteiger partial charge on any atom is -0.378 e. The summed E-state index contributed by atoms with van der Waals surface area (Å²) in [7, 11) is 0. The molecule has 174 valence electrons. The summed E-state index contributed by atoms with van der Waals surface area (Å²) < 4.78 is 7.33. The molecular weight excluding hydrogens is 416 g/mol. The molecular formula is C25H32N6O2. The predicted octanol–water partition coefficient (Wildman–Crippen LogP) is 2.52. The van der Waals surface area contributed by atoms with Gasteiger partial charge in [-0.05, 0) is 50.4 Å². The molecule has 2 aliphatic heterocycles. The summed E-state index contributed by atoms with van der Waals surface area (Å²) in [5.41, 5.74) is 6.46. The molecule has 5 heterocycles. The van der Waals surface area contributed by atoms with Gasteiger partial charge in [0.15, 0.2) is 5.65 Å². The third-order valence-electron chi connectivity index (χ3n) is 6.96. The number of amides is 1. The number of carbonyl (C=O) groups is 1. The lowest BCUT2D eigenvalue weighted by atomic mass is 10.1. The highest BCUT2D eigenvalue weighted by Gasteiger charge is 2.27. The van der Waals surface area contributed by atoms with E-state index in [-0.39, 0.29) is 5.91 Å². The lowest BCUT2D eigenvalue weighted by Crippen LogP contribution is -2.40. The summed E-state index contributed by atoms with van der Waals surface area (Å²) in [6.45, 7) is 9.77. The van der Waals surface area contributed by atoms with Gasteiger partial charge in [-0.25, -0.2) is 9.50 Å². The first-order valence-corrected chi connectivity index (χ1v) is 11.9. The molecule has 0 spiro atoms. The van der Waals surface area contributed by atoms with Crippen molar-refractivity contribution in [1.29, 1.82) is 0 Å². The summed E-state index contributed by atoms with van der Waals surface area (Å²) in [6, 6.07) is 6.27. The second kappa shape index (κ2) is 9.57. The van der Waals surface area contributed by atoms with Crippen LogP contribution in [0.2, 0.25) is 0 Å². The molecule has 0 N–H and O–H groups in total. The van der Waals surface area contributed by atoms with Gasteiger partial charge in [-0.3, -0.25) is 14.7 Å². The van der Waals surface area contributed by atoms with Gasteiger partial charge in [0.1, 0.15) is 0 Å². The maximum atomic E-state index is 12.6. The molecule has 0 bridgehead atoms. The second-order valence-electron chi connectivity index (χ2n) is 9.18. The summed E-state index contributed by atoms with van der Waals surface area (Å²) >= 11 is 0. The Morgan fingerprint density at radius 1 is 1.21 bits per heavy atom. The minimum atomic E-state index is 0.193. The van der Waals surface area contributed by atoms with E-state index in [2.05, 4.69) is 28.9 Å². The number of likely N-dealkylation sites (tertiary alicyclic amines) is 1. The average molecular weight is 449 g/mol. The molecule has 2 saturated heterocycles. The average Bonchev–Trinajstić information content (AvgIpc) is 3.47. The van der Waals surface area contributed by atoms with Crippen molar-refractivity contribution < 1.29 is 9.53 Å². The van der Waals surface area contributed by atoms with Crippen molar-refractivity contribution >= 4 is 11.6 Å². The predicted molar refractivity (Wildman–Crippen MR) is 125 cm³/mol. The van der Waals surface area contributed by atoms with Crippen molar-refractivity contribution in [2.75, 3.05) is 39.4 Å². The van der Waals surface area contributed by atoms with Crippen LogP contribution in [0.1, 0.15) is 47.0 Å². The summed E-state index contributed by atoms with van der Waals surface area (Å²) in [4.78, 5) is 26.1. The summed E-state index contributed by atoms with van der Waals surface area (Å²) in [6.07, 6.45) is 6.04. The highest BCUT2D eigenvalue weighted by atomic mass is 16.5. The Morgan fingerprint density at radius 3 is 2.85 bits per heavy atom. The van der Waals surface area contributed by atoms with Crippen LogP contribution in [-0.4, -0.2) is 74.7 Å². The number of ether oxygens (including phenoxy) is 1. The van der Waals surface area contributed by atoms with Crippen molar-refractivity contribution in [3.63, 3.8) is 0 Å². The van der Waals surface area contributed by atoms with E-state index in [0.717, 1.165) is 54.3 Å². The highest BCUT2D eigenvalue weighted by molar-refractivity contribution is 5.76. The number of carbonyl (C=O) groups excluding carboxylic acids is 1. The van der Waals surface area contributed by atoms with Crippen LogP contribution in [0.3, 0.4) is 0 Å². The first kappa shape index (κ1) is 22.0. The molecule has 8 nitrogen and oxygen atoms in total. The van der Waals surface area contributed by atoms with Gasteiger partial charge in [-0.2, -0.15) is 5.10 Å². The fraction of sp³-hybridized carbons (Fsp3) is 0.520. The van der Waals surface area contributed by atoms with Gasteiger partial charge in [0, 0.05) is 68.4 Å².